The molecule has 126 valence electrons. The van der Waals surface area contributed by atoms with Crippen LogP contribution in [0.4, 0.5) is 5.69 Å². The zero-order valence-electron chi connectivity index (χ0n) is 13.9. The van der Waals surface area contributed by atoms with Crippen LogP contribution in [0.1, 0.15) is 23.7 Å². The van der Waals surface area contributed by atoms with Gasteiger partial charge in [-0.25, -0.2) is 0 Å². The molecule has 2 aromatic rings. The van der Waals surface area contributed by atoms with Gasteiger partial charge in [0.05, 0.1) is 18.9 Å². The molecule has 1 N–H and O–H groups in total. The second-order valence-corrected chi connectivity index (χ2v) is 5.88. The quantitative estimate of drug-likeness (QED) is 0.938. The van der Waals surface area contributed by atoms with Crippen LogP contribution >= 0.6 is 0 Å². The molecule has 1 aliphatic heterocycles. The zero-order valence-corrected chi connectivity index (χ0v) is 13.9. The number of methoxy groups -OCH3 is 1. The zero-order chi connectivity index (χ0) is 17.1. The molecule has 0 aromatic heterocycles. The first-order valence-corrected chi connectivity index (χ1v) is 7.94. The molecule has 0 radical (unpaired) electrons. The van der Waals surface area contributed by atoms with E-state index >= 15 is 0 Å². The highest BCUT2D eigenvalue weighted by Gasteiger charge is 2.28. The Kier molecular flexibility index (Phi) is 4.71. The Morgan fingerprint density at radius 1 is 1.21 bits per heavy atom. The molecule has 5 nitrogen and oxygen atoms in total. The lowest BCUT2D eigenvalue weighted by Crippen LogP contribution is -2.39. The van der Waals surface area contributed by atoms with E-state index in [9.17, 15) is 9.90 Å². The normalized spacial score (nSPS) is 16.5. The van der Waals surface area contributed by atoms with E-state index in [1.54, 1.807) is 30.2 Å². The Morgan fingerprint density at radius 3 is 2.62 bits per heavy atom. The van der Waals surface area contributed by atoms with Crippen molar-refractivity contribution >= 4 is 11.6 Å². The highest BCUT2D eigenvalue weighted by atomic mass is 16.5. The van der Waals surface area contributed by atoms with Crippen LogP contribution in [0.2, 0.25) is 0 Å². The SMILES string of the molecule is COc1ccc2c(c1)N(C(=O)COc1ccc(C)cc1)CCC2O. The number of amides is 1. The van der Waals surface area contributed by atoms with Gasteiger partial charge in [-0.1, -0.05) is 23.8 Å². The molecule has 1 aliphatic rings. The standard InChI is InChI=1S/C19H21NO4/c1-13-3-5-14(6-4-13)24-12-19(22)20-10-9-18(21)16-8-7-15(23-2)11-17(16)20/h3-8,11,18,21H,9-10,12H2,1-2H3. The van der Waals surface area contributed by atoms with Crippen molar-refractivity contribution in [3.63, 3.8) is 0 Å². The fourth-order valence-corrected chi connectivity index (χ4v) is 2.81. The molecular formula is C19H21NO4. The Bertz CT molecular complexity index is 727. The van der Waals surface area contributed by atoms with E-state index in [1.165, 1.54) is 0 Å². The summed E-state index contributed by atoms with van der Waals surface area (Å²) in [5, 5.41) is 10.1. The van der Waals surface area contributed by atoms with Crippen molar-refractivity contribution in [3.05, 3.63) is 53.6 Å². The highest BCUT2D eigenvalue weighted by molar-refractivity contribution is 5.96. The molecule has 5 heteroatoms. The average Bonchev–Trinajstić information content (AvgIpc) is 2.61. The minimum absolute atomic E-state index is 0.0458. The van der Waals surface area contributed by atoms with E-state index in [1.807, 2.05) is 31.2 Å². The number of hydrogen-bond acceptors (Lipinski definition) is 4. The summed E-state index contributed by atoms with van der Waals surface area (Å²) in [7, 11) is 1.58. The molecule has 0 aliphatic carbocycles. The van der Waals surface area contributed by atoms with E-state index < -0.39 is 6.10 Å². The number of ether oxygens (including phenoxy) is 2. The van der Waals surface area contributed by atoms with Crippen molar-refractivity contribution < 1.29 is 19.4 Å². The first-order valence-electron chi connectivity index (χ1n) is 7.94. The van der Waals surface area contributed by atoms with Crippen LogP contribution in [-0.4, -0.2) is 31.3 Å². The van der Waals surface area contributed by atoms with E-state index in [-0.39, 0.29) is 12.5 Å². The maximum Gasteiger partial charge on any atom is 0.264 e. The van der Waals surface area contributed by atoms with E-state index in [2.05, 4.69) is 0 Å². The summed E-state index contributed by atoms with van der Waals surface area (Å²) in [6.07, 6.45) is -0.0525. The van der Waals surface area contributed by atoms with E-state index in [4.69, 9.17) is 9.47 Å². The topological polar surface area (TPSA) is 59.0 Å². The minimum Gasteiger partial charge on any atom is -0.497 e. The second kappa shape index (κ2) is 6.93. The van der Waals surface area contributed by atoms with Crippen LogP contribution in [0.3, 0.4) is 0 Å². The second-order valence-electron chi connectivity index (χ2n) is 5.88. The summed E-state index contributed by atoms with van der Waals surface area (Å²) in [4.78, 5) is 14.2. The molecule has 1 amide bonds. The molecule has 0 saturated heterocycles. The molecule has 1 heterocycles. The number of carbonyl (C=O) groups is 1. The van der Waals surface area contributed by atoms with Gasteiger partial charge in [-0.15, -0.1) is 0 Å². The van der Waals surface area contributed by atoms with Crippen molar-refractivity contribution in [2.45, 2.75) is 19.4 Å². The third-order valence-corrected chi connectivity index (χ3v) is 4.20. The van der Waals surface area contributed by atoms with Crippen molar-refractivity contribution in [3.8, 4) is 11.5 Å². The Balaban J connectivity index is 1.75. The van der Waals surface area contributed by atoms with Crippen molar-refractivity contribution in [1.29, 1.82) is 0 Å². The summed E-state index contributed by atoms with van der Waals surface area (Å²) in [5.74, 6) is 1.17. The van der Waals surface area contributed by atoms with Gasteiger partial charge >= 0.3 is 0 Å². The van der Waals surface area contributed by atoms with Gasteiger partial charge in [0.25, 0.3) is 5.91 Å². The van der Waals surface area contributed by atoms with Gasteiger partial charge < -0.3 is 19.5 Å². The lowest BCUT2D eigenvalue weighted by molar-refractivity contribution is -0.120. The number of aliphatic hydroxyl groups excluding tert-OH is 1. The molecule has 24 heavy (non-hydrogen) atoms. The van der Waals surface area contributed by atoms with Crippen molar-refractivity contribution in [2.75, 3.05) is 25.2 Å². The predicted molar refractivity (Wildman–Crippen MR) is 91.6 cm³/mol. The molecule has 0 bridgehead atoms. The maximum absolute atomic E-state index is 12.6. The Morgan fingerprint density at radius 2 is 1.92 bits per heavy atom. The number of anilines is 1. The predicted octanol–water partition coefficient (Wildman–Crippen LogP) is 2.85. The van der Waals surface area contributed by atoms with Crippen LogP contribution in [0.25, 0.3) is 0 Å². The lowest BCUT2D eigenvalue weighted by Gasteiger charge is -2.32. The maximum atomic E-state index is 12.6. The Labute approximate surface area is 141 Å². The number of carbonyl (C=O) groups excluding carboxylic acids is 1. The third-order valence-electron chi connectivity index (χ3n) is 4.20. The van der Waals surface area contributed by atoms with Crippen LogP contribution in [-0.2, 0) is 4.79 Å². The van der Waals surface area contributed by atoms with Gasteiger partial charge in [-0.2, -0.15) is 0 Å². The molecule has 2 aromatic carbocycles. The van der Waals surface area contributed by atoms with Crippen LogP contribution in [0.5, 0.6) is 11.5 Å². The van der Waals surface area contributed by atoms with Crippen LogP contribution in [0, 0.1) is 6.92 Å². The van der Waals surface area contributed by atoms with Gasteiger partial charge in [-0.05, 0) is 31.5 Å². The number of hydrogen-bond donors (Lipinski definition) is 1. The fourth-order valence-electron chi connectivity index (χ4n) is 2.81. The number of fused-ring (bicyclic) bond motifs is 1. The number of nitrogens with zero attached hydrogens (tertiary/aromatic N) is 1. The molecule has 0 spiro atoms. The van der Waals surface area contributed by atoms with Crippen molar-refractivity contribution in [2.24, 2.45) is 0 Å². The average molecular weight is 327 g/mol. The molecule has 1 unspecified atom stereocenters. The van der Waals surface area contributed by atoms with Crippen molar-refractivity contribution in [1.82, 2.24) is 0 Å². The first-order chi connectivity index (χ1) is 11.6. The molecule has 0 fully saturated rings. The van der Waals surface area contributed by atoms with Gasteiger partial charge in [0.15, 0.2) is 6.61 Å². The summed E-state index contributed by atoms with van der Waals surface area (Å²) in [6, 6.07) is 13.0. The fraction of sp³-hybridized carbons (Fsp3) is 0.316. The Hall–Kier alpha value is -2.53. The van der Waals surface area contributed by atoms with E-state index in [0.717, 1.165) is 11.1 Å². The number of benzene rings is 2. The number of aliphatic hydroxyl groups is 1. The van der Waals surface area contributed by atoms with Crippen LogP contribution < -0.4 is 14.4 Å². The third kappa shape index (κ3) is 3.36. The summed E-state index contributed by atoms with van der Waals surface area (Å²) < 4.78 is 10.8. The van der Waals surface area contributed by atoms with E-state index in [0.29, 0.717) is 30.2 Å². The highest BCUT2D eigenvalue weighted by Crippen LogP contribution is 2.36. The molecule has 1 atom stereocenters. The molecule has 0 saturated carbocycles. The summed E-state index contributed by atoms with van der Waals surface area (Å²) in [6.45, 7) is 2.41. The largest absolute Gasteiger partial charge is 0.497 e. The molecular weight excluding hydrogens is 306 g/mol. The number of rotatable bonds is 4. The summed E-state index contributed by atoms with van der Waals surface area (Å²) >= 11 is 0. The number of aryl methyl sites for hydroxylation is 1. The van der Waals surface area contributed by atoms with Gasteiger partial charge in [0, 0.05) is 18.2 Å². The van der Waals surface area contributed by atoms with Gasteiger partial charge in [0.1, 0.15) is 11.5 Å². The first kappa shape index (κ1) is 16.3. The minimum atomic E-state index is -0.562. The van der Waals surface area contributed by atoms with Crippen LogP contribution in [0.15, 0.2) is 42.5 Å². The lowest BCUT2D eigenvalue weighted by atomic mass is 9.98. The summed E-state index contributed by atoms with van der Waals surface area (Å²) in [5.41, 5.74) is 2.57. The monoisotopic (exact) mass is 327 g/mol. The van der Waals surface area contributed by atoms with Gasteiger partial charge in [0.2, 0.25) is 0 Å². The smallest absolute Gasteiger partial charge is 0.264 e. The molecule has 3 rings (SSSR count). The van der Waals surface area contributed by atoms with Gasteiger partial charge in [-0.3, -0.25) is 4.79 Å².